The van der Waals surface area contributed by atoms with Crippen molar-refractivity contribution in [3.05, 3.63) is 17.3 Å². The van der Waals surface area contributed by atoms with Gasteiger partial charge in [0.15, 0.2) is 0 Å². The summed E-state index contributed by atoms with van der Waals surface area (Å²) in [5, 5.41) is 1.14. The van der Waals surface area contributed by atoms with Crippen LogP contribution >= 0.6 is 11.3 Å². The average molecular weight is 275 g/mol. The van der Waals surface area contributed by atoms with Gasteiger partial charge in [0.2, 0.25) is 0 Å². The van der Waals surface area contributed by atoms with E-state index in [1.54, 1.807) is 17.7 Å². The second kappa shape index (κ2) is 5.25. The van der Waals surface area contributed by atoms with E-state index in [0.29, 0.717) is 0 Å². The Morgan fingerprint density at radius 1 is 1.53 bits per heavy atom. The lowest BCUT2D eigenvalue weighted by molar-refractivity contribution is -0.111. The van der Waals surface area contributed by atoms with Gasteiger partial charge in [-0.2, -0.15) is 0 Å². The molecule has 1 aliphatic heterocycles. The summed E-state index contributed by atoms with van der Waals surface area (Å²) in [4.78, 5) is 24.4. The van der Waals surface area contributed by atoms with Gasteiger partial charge in [-0.15, -0.1) is 11.3 Å². The SMILES string of the molecule is CCc1cc2c(N3CCCC(C=O)C3)ncnc2s1. The van der Waals surface area contributed by atoms with E-state index in [4.69, 9.17) is 0 Å². The average Bonchev–Trinajstić information content (AvgIpc) is 2.90. The predicted octanol–water partition coefficient (Wildman–Crippen LogP) is 2.67. The molecule has 1 fully saturated rings. The van der Waals surface area contributed by atoms with Crippen LogP contribution in [-0.2, 0) is 11.2 Å². The van der Waals surface area contributed by atoms with Crippen LogP contribution in [0.5, 0.6) is 0 Å². The molecular formula is C14H17N3OS. The zero-order chi connectivity index (χ0) is 13.2. The number of fused-ring (bicyclic) bond motifs is 1. The van der Waals surface area contributed by atoms with Crippen LogP contribution in [0.15, 0.2) is 12.4 Å². The van der Waals surface area contributed by atoms with Crippen molar-refractivity contribution in [3.63, 3.8) is 0 Å². The van der Waals surface area contributed by atoms with Gasteiger partial charge < -0.3 is 9.69 Å². The summed E-state index contributed by atoms with van der Waals surface area (Å²) in [5.74, 6) is 1.13. The van der Waals surface area contributed by atoms with Gasteiger partial charge in [-0.05, 0) is 25.3 Å². The maximum atomic E-state index is 11.0. The molecule has 0 aromatic carbocycles. The Kier molecular flexibility index (Phi) is 3.46. The summed E-state index contributed by atoms with van der Waals surface area (Å²) in [6.07, 6.45) is 5.79. The van der Waals surface area contributed by atoms with Gasteiger partial charge in [0.1, 0.15) is 23.3 Å². The van der Waals surface area contributed by atoms with Crippen molar-refractivity contribution in [2.75, 3.05) is 18.0 Å². The number of aldehydes is 1. The molecule has 0 amide bonds. The van der Waals surface area contributed by atoms with Gasteiger partial charge in [-0.25, -0.2) is 9.97 Å². The monoisotopic (exact) mass is 275 g/mol. The summed E-state index contributed by atoms with van der Waals surface area (Å²) in [6, 6.07) is 2.19. The van der Waals surface area contributed by atoms with Crippen LogP contribution in [0.1, 0.15) is 24.6 Å². The standard InChI is InChI=1S/C14H17N3OS/c1-2-11-6-12-13(15-9-16-14(12)19-11)17-5-3-4-10(7-17)8-18/h6,8-10H,2-5,7H2,1H3. The lowest BCUT2D eigenvalue weighted by Gasteiger charge is -2.31. The number of anilines is 1. The lowest BCUT2D eigenvalue weighted by Crippen LogP contribution is -2.36. The van der Waals surface area contributed by atoms with Crippen molar-refractivity contribution in [2.24, 2.45) is 5.92 Å². The lowest BCUT2D eigenvalue weighted by atomic mass is 9.99. The number of piperidine rings is 1. The summed E-state index contributed by atoms with van der Waals surface area (Å²) in [7, 11) is 0. The van der Waals surface area contributed by atoms with Crippen molar-refractivity contribution >= 4 is 33.7 Å². The number of hydrogen-bond donors (Lipinski definition) is 0. The Labute approximate surface area is 116 Å². The van der Waals surface area contributed by atoms with Gasteiger partial charge >= 0.3 is 0 Å². The minimum atomic E-state index is 0.142. The van der Waals surface area contributed by atoms with Gasteiger partial charge in [0, 0.05) is 23.9 Å². The van der Waals surface area contributed by atoms with Crippen LogP contribution in [0, 0.1) is 5.92 Å². The highest BCUT2D eigenvalue weighted by molar-refractivity contribution is 7.18. The Bertz CT molecular complexity index is 595. The number of nitrogens with zero attached hydrogens (tertiary/aromatic N) is 3. The molecule has 3 heterocycles. The summed E-state index contributed by atoms with van der Waals surface area (Å²) in [5.41, 5.74) is 0. The molecule has 2 aromatic rings. The molecule has 4 nitrogen and oxygen atoms in total. The van der Waals surface area contributed by atoms with E-state index in [1.165, 1.54) is 4.88 Å². The first-order chi connectivity index (χ1) is 9.31. The van der Waals surface area contributed by atoms with E-state index in [0.717, 1.165) is 54.7 Å². The van der Waals surface area contributed by atoms with E-state index in [1.807, 2.05) is 0 Å². The molecule has 5 heteroatoms. The third-order valence-corrected chi connectivity index (χ3v) is 4.85. The van der Waals surface area contributed by atoms with Crippen molar-refractivity contribution < 1.29 is 4.79 Å². The molecule has 3 rings (SSSR count). The summed E-state index contributed by atoms with van der Waals surface area (Å²) >= 11 is 1.73. The minimum Gasteiger partial charge on any atom is -0.355 e. The van der Waals surface area contributed by atoms with Crippen molar-refractivity contribution in [1.29, 1.82) is 0 Å². The van der Waals surface area contributed by atoms with Gasteiger partial charge in [-0.3, -0.25) is 0 Å². The molecule has 0 bridgehead atoms. The van der Waals surface area contributed by atoms with E-state index in [-0.39, 0.29) is 5.92 Å². The quantitative estimate of drug-likeness (QED) is 0.808. The first kappa shape index (κ1) is 12.5. The number of carbonyl (C=O) groups is 1. The van der Waals surface area contributed by atoms with Crippen LogP contribution in [0.3, 0.4) is 0 Å². The fraction of sp³-hybridized carbons (Fsp3) is 0.500. The Morgan fingerprint density at radius 3 is 3.21 bits per heavy atom. The number of aryl methyl sites for hydroxylation is 1. The van der Waals surface area contributed by atoms with Crippen LogP contribution < -0.4 is 4.90 Å². The first-order valence-corrected chi connectivity index (χ1v) is 7.57. The third kappa shape index (κ3) is 2.34. The summed E-state index contributed by atoms with van der Waals surface area (Å²) in [6.45, 7) is 3.92. The minimum absolute atomic E-state index is 0.142. The molecular weight excluding hydrogens is 258 g/mol. The largest absolute Gasteiger partial charge is 0.355 e. The second-order valence-corrected chi connectivity index (χ2v) is 6.08. The molecule has 2 aromatic heterocycles. The Morgan fingerprint density at radius 2 is 2.42 bits per heavy atom. The smallest absolute Gasteiger partial charge is 0.140 e. The maximum absolute atomic E-state index is 11.0. The second-order valence-electron chi connectivity index (χ2n) is 4.97. The van der Waals surface area contributed by atoms with E-state index >= 15 is 0 Å². The molecule has 1 aliphatic rings. The number of rotatable bonds is 3. The summed E-state index contributed by atoms with van der Waals surface area (Å²) < 4.78 is 0. The Balaban J connectivity index is 1.99. The van der Waals surface area contributed by atoms with Crippen LogP contribution in [0.2, 0.25) is 0 Å². The molecule has 100 valence electrons. The van der Waals surface area contributed by atoms with Crippen LogP contribution in [0.4, 0.5) is 5.82 Å². The third-order valence-electron chi connectivity index (χ3n) is 3.66. The fourth-order valence-electron chi connectivity index (χ4n) is 2.63. The van der Waals surface area contributed by atoms with E-state index in [2.05, 4.69) is 27.9 Å². The number of hydrogen-bond acceptors (Lipinski definition) is 5. The molecule has 19 heavy (non-hydrogen) atoms. The van der Waals surface area contributed by atoms with Crippen LogP contribution in [-0.4, -0.2) is 29.3 Å². The van der Waals surface area contributed by atoms with Crippen molar-refractivity contribution in [3.8, 4) is 0 Å². The molecule has 0 spiro atoms. The van der Waals surface area contributed by atoms with Crippen molar-refractivity contribution in [1.82, 2.24) is 9.97 Å². The van der Waals surface area contributed by atoms with E-state index < -0.39 is 0 Å². The maximum Gasteiger partial charge on any atom is 0.140 e. The topological polar surface area (TPSA) is 46.1 Å². The highest BCUT2D eigenvalue weighted by Crippen LogP contribution is 2.32. The highest BCUT2D eigenvalue weighted by Gasteiger charge is 2.22. The van der Waals surface area contributed by atoms with Gasteiger partial charge in [-0.1, -0.05) is 6.92 Å². The van der Waals surface area contributed by atoms with Gasteiger partial charge in [0.25, 0.3) is 0 Å². The normalized spacial score (nSPS) is 19.8. The van der Waals surface area contributed by atoms with E-state index in [9.17, 15) is 4.79 Å². The molecule has 0 radical (unpaired) electrons. The fourth-order valence-corrected chi connectivity index (χ4v) is 3.56. The highest BCUT2D eigenvalue weighted by atomic mass is 32.1. The number of aromatic nitrogens is 2. The molecule has 0 N–H and O–H groups in total. The molecule has 0 saturated carbocycles. The van der Waals surface area contributed by atoms with Crippen molar-refractivity contribution in [2.45, 2.75) is 26.2 Å². The first-order valence-electron chi connectivity index (χ1n) is 6.75. The zero-order valence-corrected chi connectivity index (χ0v) is 11.8. The number of carbonyl (C=O) groups excluding carboxylic acids is 1. The Hall–Kier alpha value is -1.49. The molecule has 1 saturated heterocycles. The predicted molar refractivity (Wildman–Crippen MR) is 77.8 cm³/mol. The zero-order valence-electron chi connectivity index (χ0n) is 11.0. The number of thiophene rings is 1. The molecule has 1 unspecified atom stereocenters. The van der Waals surface area contributed by atoms with Crippen LogP contribution in [0.25, 0.3) is 10.2 Å². The van der Waals surface area contributed by atoms with Gasteiger partial charge in [0.05, 0.1) is 5.39 Å². The molecule has 1 atom stereocenters. The molecule has 0 aliphatic carbocycles.